The predicted molar refractivity (Wildman–Crippen MR) is 83.8 cm³/mol. The molecule has 22 heavy (non-hydrogen) atoms. The summed E-state index contributed by atoms with van der Waals surface area (Å²) >= 11 is 0. The van der Waals surface area contributed by atoms with E-state index >= 15 is 0 Å². The Morgan fingerprint density at radius 2 is 2.41 bits per heavy atom. The molecule has 2 N–H and O–H groups in total. The lowest BCUT2D eigenvalue weighted by Crippen LogP contribution is -2.43. The maximum Gasteiger partial charge on any atom is 0.228 e. The molecule has 1 fully saturated rings. The number of carbonyl (C=O) groups excluding carboxylic acids is 1. The third-order valence-electron chi connectivity index (χ3n) is 3.54. The first-order valence-electron chi connectivity index (χ1n) is 6.87. The van der Waals surface area contributed by atoms with Crippen LogP contribution >= 0.6 is 12.4 Å². The van der Waals surface area contributed by atoms with Gasteiger partial charge >= 0.3 is 0 Å². The fourth-order valence-corrected chi connectivity index (χ4v) is 2.44. The minimum atomic E-state index is -0.397. The van der Waals surface area contributed by atoms with E-state index in [0.717, 1.165) is 6.54 Å². The maximum atomic E-state index is 13.7. The van der Waals surface area contributed by atoms with E-state index < -0.39 is 5.82 Å². The smallest absolute Gasteiger partial charge is 0.228 e. The van der Waals surface area contributed by atoms with E-state index in [0.29, 0.717) is 31.1 Å². The van der Waals surface area contributed by atoms with Gasteiger partial charge < -0.3 is 14.6 Å². The second-order valence-corrected chi connectivity index (χ2v) is 5.08. The zero-order valence-electron chi connectivity index (χ0n) is 12.1. The number of nitrogens with zero attached hydrogens (tertiary/aromatic N) is 2. The van der Waals surface area contributed by atoms with Crippen molar-refractivity contribution in [2.75, 3.05) is 25.1 Å². The molecule has 2 heterocycles. The molecule has 1 unspecified atom stereocenters. The Labute approximate surface area is 133 Å². The first-order chi connectivity index (χ1) is 10.1. The van der Waals surface area contributed by atoms with Crippen molar-refractivity contribution in [1.29, 1.82) is 0 Å². The summed E-state index contributed by atoms with van der Waals surface area (Å²) in [6, 6.07) is 4.74. The number of aryl methyl sites for hydroxylation is 1. The molecule has 0 saturated carbocycles. The molecule has 0 bridgehead atoms. The van der Waals surface area contributed by atoms with Crippen LogP contribution in [-0.4, -0.2) is 41.3 Å². The van der Waals surface area contributed by atoms with Gasteiger partial charge in [-0.1, -0.05) is 6.07 Å². The Balaban J connectivity index is 0.00000176. The number of para-hydroxylation sites is 1. The van der Waals surface area contributed by atoms with Crippen LogP contribution in [0.25, 0.3) is 11.0 Å². The highest BCUT2D eigenvalue weighted by molar-refractivity contribution is 5.92. The van der Waals surface area contributed by atoms with Gasteiger partial charge in [-0.3, -0.25) is 10.1 Å². The maximum absolute atomic E-state index is 13.7. The van der Waals surface area contributed by atoms with Crippen molar-refractivity contribution in [3.8, 4) is 0 Å². The number of imidazole rings is 1. The van der Waals surface area contributed by atoms with E-state index in [-0.39, 0.29) is 29.9 Å². The monoisotopic (exact) mass is 328 g/mol. The molecule has 0 radical (unpaired) electrons. The molecule has 1 atom stereocenters. The fraction of sp³-hybridized carbons (Fsp3) is 0.429. The van der Waals surface area contributed by atoms with E-state index in [1.165, 1.54) is 6.07 Å². The zero-order valence-corrected chi connectivity index (χ0v) is 13.0. The topological polar surface area (TPSA) is 68.2 Å². The number of ether oxygens (including phenoxy) is 1. The number of hydrogen-bond acceptors (Lipinski definition) is 4. The normalized spacial score (nSPS) is 18.0. The summed E-state index contributed by atoms with van der Waals surface area (Å²) in [6.45, 7) is 1.93. The number of amides is 1. The molecule has 1 aromatic carbocycles. The van der Waals surface area contributed by atoms with Crippen molar-refractivity contribution in [2.24, 2.45) is 7.05 Å². The van der Waals surface area contributed by atoms with Gasteiger partial charge in [-0.05, 0) is 12.1 Å². The first kappa shape index (κ1) is 16.7. The summed E-state index contributed by atoms with van der Waals surface area (Å²) in [5, 5.41) is 5.94. The van der Waals surface area contributed by atoms with Crippen molar-refractivity contribution in [3.05, 3.63) is 24.0 Å². The van der Waals surface area contributed by atoms with Crippen LogP contribution in [0.3, 0.4) is 0 Å². The SMILES string of the molecule is Cl.Cn1c(NC(=O)CC2COCCN2)nc2c(F)cccc21. The van der Waals surface area contributed by atoms with Gasteiger partial charge in [-0.2, -0.15) is 0 Å². The Morgan fingerprint density at radius 1 is 1.59 bits per heavy atom. The van der Waals surface area contributed by atoms with Crippen LogP contribution in [0.1, 0.15) is 6.42 Å². The summed E-state index contributed by atoms with van der Waals surface area (Å²) in [5.41, 5.74) is 0.902. The van der Waals surface area contributed by atoms with E-state index in [1.807, 2.05) is 0 Å². The average molecular weight is 329 g/mol. The number of fused-ring (bicyclic) bond motifs is 1. The number of carbonyl (C=O) groups is 1. The molecule has 2 aromatic rings. The Bertz CT molecular complexity index is 670. The minimum Gasteiger partial charge on any atom is -0.378 e. The molecule has 1 saturated heterocycles. The number of anilines is 1. The van der Waals surface area contributed by atoms with Crippen molar-refractivity contribution in [1.82, 2.24) is 14.9 Å². The van der Waals surface area contributed by atoms with E-state index in [1.54, 1.807) is 23.7 Å². The lowest BCUT2D eigenvalue weighted by Gasteiger charge is -2.23. The van der Waals surface area contributed by atoms with Crippen LogP contribution in [0.2, 0.25) is 0 Å². The van der Waals surface area contributed by atoms with Gasteiger partial charge in [-0.15, -0.1) is 12.4 Å². The number of aromatic nitrogens is 2. The van der Waals surface area contributed by atoms with Crippen molar-refractivity contribution in [2.45, 2.75) is 12.5 Å². The zero-order chi connectivity index (χ0) is 14.8. The summed E-state index contributed by atoms with van der Waals surface area (Å²) in [7, 11) is 1.74. The van der Waals surface area contributed by atoms with E-state index in [4.69, 9.17) is 4.74 Å². The molecule has 1 amide bonds. The van der Waals surface area contributed by atoms with Crippen LogP contribution in [0.15, 0.2) is 18.2 Å². The summed E-state index contributed by atoms with van der Waals surface area (Å²) < 4.78 is 20.7. The second-order valence-electron chi connectivity index (χ2n) is 5.08. The molecule has 0 spiro atoms. The summed E-state index contributed by atoms with van der Waals surface area (Å²) in [6.07, 6.45) is 0.297. The number of nitrogens with one attached hydrogen (secondary N) is 2. The van der Waals surface area contributed by atoms with Gasteiger partial charge in [0, 0.05) is 26.1 Å². The average Bonchev–Trinajstić information content (AvgIpc) is 2.79. The van der Waals surface area contributed by atoms with Crippen molar-refractivity contribution >= 4 is 35.3 Å². The van der Waals surface area contributed by atoms with Crippen molar-refractivity contribution in [3.63, 3.8) is 0 Å². The third kappa shape index (κ3) is 3.37. The molecule has 8 heteroatoms. The van der Waals surface area contributed by atoms with E-state index in [2.05, 4.69) is 15.6 Å². The number of morpholine rings is 1. The van der Waals surface area contributed by atoms with Gasteiger partial charge in [0.2, 0.25) is 11.9 Å². The first-order valence-corrected chi connectivity index (χ1v) is 6.87. The molecule has 0 aliphatic carbocycles. The Kier molecular flexibility index (Phi) is 5.33. The van der Waals surface area contributed by atoms with Crippen LogP contribution in [0.4, 0.5) is 10.3 Å². The number of benzene rings is 1. The van der Waals surface area contributed by atoms with Crippen molar-refractivity contribution < 1.29 is 13.9 Å². The van der Waals surface area contributed by atoms with Gasteiger partial charge in [0.15, 0.2) is 5.82 Å². The van der Waals surface area contributed by atoms with Gasteiger partial charge in [-0.25, -0.2) is 9.37 Å². The molecule has 1 aromatic heterocycles. The largest absolute Gasteiger partial charge is 0.378 e. The third-order valence-corrected chi connectivity index (χ3v) is 3.54. The summed E-state index contributed by atoms with van der Waals surface area (Å²) in [4.78, 5) is 16.2. The van der Waals surface area contributed by atoms with Crippen LogP contribution in [0.5, 0.6) is 0 Å². The van der Waals surface area contributed by atoms with Crippen LogP contribution in [-0.2, 0) is 16.6 Å². The van der Waals surface area contributed by atoms with Gasteiger partial charge in [0.1, 0.15) is 5.52 Å². The summed E-state index contributed by atoms with van der Waals surface area (Å²) in [5.74, 6) is -0.223. The molecular formula is C14H18ClFN4O2. The van der Waals surface area contributed by atoms with Gasteiger partial charge in [0.25, 0.3) is 0 Å². The highest BCUT2D eigenvalue weighted by Crippen LogP contribution is 2.20. The lowest BCUT2D eigenvalue weighted by atomic mass is 10.2. The molecule has 3 rings (SSSR count). The number of halogens is 2. The lowest BCUT2D eigenvalue weighted by molar-refractivity contribution is -0.117. The Hall–Kier alpha value is -1.70. The van der Waals surface area contributed by atoms with E-state index in [9.17, 15) is 9.18 Å². The molecule has 120 valence electrons. The molecule has 1 aliphatic heterocycles. The van der Waals surface area contributed by atoms with Gasteiger partial charge in [0.05, 0.1) is 18.7 Å². The second kappa shape index (κ2) is 7.04. The molecule has 1 aliphatic rings. The standard InChI is InChI=1S/C14H17FN4O2.ClH/c1-19-11-4-2-3-10(15)13(11)18-14(19)17-12(20)7-9-8-21-6-5-16-9;/h2-4,9,16H,5-8H2,1H3,(H,17,18,20);1H. The molecule has 6 nitrogen and oxygen atoms in total. The Morgan fingerprint density at radius 3 is 3.09 bits per heavy atom. The van der Waals surface area contributed by atoms with Crippen LogP contribution in [0, 0.1) is 5.82 Å². The fourth-order valence-electron chi connectivity index (χ4n) is 2.44. The quantitative estimate of drug-likeness (QED) is 0.895. The number of hydrogen-bond donors (Lipinski definition) is 2. The highest BCUT2D eigenvalue weighted by atomic mass is 35.5. The highest BCUT2D eigenvalue weighted by Gasteiger charge is 2.19. The molecular weight excluding hydrogens is 311 g/mol. The van der Waals surface area contributed by atoms with Crippen LogP contribution < -0.4 is 10.6 Å². The number of rotatable bonds is 3. The predicted octanol–water partition coefficient (Wildman–Crippen LogP) is 1.45. The minimum absolute atomic E-state index is 0.